The lowest BCUT2D eigenvalue weighted by Crippen LogP contribution is -2.52. The summed E-state index contributed by atoms with van der Waals surface area (Å²) in [5, 5.41) is 3.52. The van der Waals surface area contributed by atoms with E-state index in [4.69, 9.17) is 0 Å². The topological polar surface area (TPSA) is 12.0 Å². The maximum atomic E-state index is 4.31. The zero-order valence-electron chi connectivity index (χ0n) is 24.3. The van der Waals surface area contributed by atoms with E-state index in [0.717, 1.165) is 5.75 Å². The zero-order valence-corrected chi connectivity index (χ0v) is 25.2. The molecule has 0 atom stereocenters. The summed E-state index contributed by atoms with van der Waals surface area (Å²) in [5.41, 5.74) is 0. The Kier molecular flexibility index (Phi) is 24.6. The van der Waals surface area contributed by atoms with Gasteiger partial charge in [0.25, 0.3) is 0 Å². The van der Waals surface area contributed by atoms with E-state index in [1.807, 2.05) is 0 Å². The number of rotatable bonds is 27. The van der Waals surface area contributed by atoms with E-state index in [9.17, 15) is 0 Å². The Morgan fingerprint density at radius 1 is 0.486 bits per heavy atom. The largest absolute Gasteiger partial charge is 0.324 e. The molecule has 1 N–H and O–H groups in total. The number of thiol groups is 1. The van der Waals surface area contributed by atoms with Crippen molar-refractivity contribution in [2.45, 2.75) is 161 Å². The Morgan fingerprint density at radius 2 is 0.886 bits per heavy atom. The molecule has 1 aliphatic rings. The Balaban J connectivity index is 1.96. The van der Waals surface area contributed by atoms with E-state index in [2.05, 4.69) is 24.9 Å². The highest BCUT2D eigenvalue weighted by atomic mass is 32.1. The predicted octanol–water partition coefficient (Wildman–Crippen LogP) is 9.72. The molecule has 1 heterocycles. The minimum absolute atomic E-state index is 1.07. The van der Waals surface area contributed by atoms with Crippen LogP contribution in [0, 0.1) is 0 Å². The van der Waals surface area contributed by atoms with E-state index in [0.29, 0.717) is 0 Å². The van der Waals surface area contributed by atoms with Crippen LogP contribution in [0.25, 0.3) is 0 Å². The summed E-state index contributed by atoms with van der Waals surface area (Å²) in [7, 11) is 0. The second-order valence-electron chi connectivity index (χ2n) is 11.8. The summed E-state index contributed by atoms with van der Waals surface area (Å²) >= 11 is 4.31. The summed E-state index contributed by atoms with van der Waals surface area (Å²) in [6.07, 6.45) is 34.7. The van der Waals surface area contributed by atoms with Gasteiger partial charge in [-0.1, -0.05) is 96.8 Å². The number of likely N-dealkylation sites (tertiary alicyclic amines) is 1. The van der Waals surface area contributed by atoms with Gasteiger partial charge in [0.15, 0.2) is 0 Å². The van der Waals surface area contributed by atoms with Gasteiger partial charge in [-0.15, -0.1) is 0 Å². The molecular weight excluding hydrogens is 444 g/mol. The van der Waals surface area contributed by atoms with Crippen molar-refractivity contribution < 1.29 is 4.48 Å². The molecule has 0 amide bonds. The fraction of sp³-hybridized carbons (Fsp3) is 1.00. The smallest absolute Gasteiger partial charge is 0.0786 e. The second kappa shape index (κ2) is 25.9. The number of nitrogens with one attached hydrogen (secondary N) is 1. The zero-order chi connectivity index (χ0) is 25.1. The van der Waals surface area contributed by atoms with Gasteiger partial charge in [0.2, 0.25) is 0 Å². The molecule has 1 aliphatic heterocycles. The average Bonchev–Trinajstić information content (AvgIpc) is 2.88. The molecule has 3 heteroatoms. The second-order valence-corrected chi connectivity index (χ2v) is 12.3. The lowest BCUT2D eigenvalue weighted by molar-refractivity contribution is -0.932. The van der Waals surface area contributed by atoms with Crippen molar-refractivity contribution in [3.8, 4) is 0 Å². The fourth-order valence-corrected chi connectivity index (χ4v) is 6.35. The maximum Gasteiger partial charge on any atom is 0.0786 e. The first-order valence-electron chi connectivity index (χ1n) is 16.5. The van der Waals surface area contributed by atoms with Gasteiger partial charge >= 0.3 is 0 Å². The predicted molar refractivity (Wildman–Crippen MR) is 163 cm³/mol. The molecule has 0 spiro atoms. The number of piperidine rings is 1. The highest BCUT2D eigenvalue weighted by molar-refractivity contribution is 7.80. The standard InChI is InChI=1S/C32H66N2S/c1-2-26-33-27-20-15-11-7-3-4-8-12-16-21-28-34(30-23-19-24-31-34)29-22-17-13-9-5-6-10-14-18-25-32-35/h33H,2-32H2,1H3/p+1. The molecule has 0 saturated carbocycles. The lowest BCUT2D eigenvalue weighted by Gasteiger charge is -2.42. The summed E-state index contributed by atoms with van der Waals surface area (Å²) in [4.78, 5) is 0. The van der Waals surface area contributed by atoms with Crippen LogP contribution in [0.2, 0.25) is 0 Å². The van der Waals surface area contributed by atoms with Crippen molar-refractivity contribution in [1.82, 2.24) is 5.32 Å². The van der Waals surface area contributed by atoms with Crippen molar-refractivity contribution in [3.63, 3.8) is 0 Å². The molecule has 35 heavy (non-hydrogen) atoms. The molecule has 1 fully saturated rings. The highest BCUT2D eigenvalue weighted by Gasteiger charge is 2.28. The molecule has 0 aromatic rings. The number of unbranched alkanes of at least 4 members (excludes halogenated alkanes) is 18. The molecule has 1 rings (SSSR count). The van der Waals surface area contributed by atoms with Crippen molar-refractivity contribution in [2.24, 2.45) is 0 Å². The molecule has 0 unspecified atom stereocenters. The van der Waals surface area contributed by atoms with E-state index < -0.39 is 0 Å². The van der Waals surface area contributed by atoms with Crippen LogP contribution in [-0.2, 0) is 0 Å². The first-order valence-corrected chi connectivity index (χ1v) is 17.1. The number of hydrogen-bond donors (Lipinski definition) is 2. The maximum absolute atomic E-state index is 4.31. The number of nitrogens with zero attached hydrogens (tertiary/aromatic N) is 1. The Morgan fingerprint density at radius 3 is 1.31 bits per heavy atom. The molecule has 1 saturated heterocycles. The van der Waals surface area contributed by atoms with Crippen molar-refractivity contribution in [3.05, 3.63) is 0 Å². The first-order chi connectivity index (χ1) is 17.3. The van der Waals surface area contributed by atoms with Crippen molar-refractivity contribution in [1.29, 1.82) is 0 Å². The fourth-order valence-electron chi connectivity index (χ4n) is 6.13. The van der Waals surface area contributed by atoms with Gasteiger partial charge in [-0.2, -0.15) is 12.6 Å². The molecule has 0 radical (unpaired) electrons. The van der Waals surface area contributed by atoms with Crippen molar-refractivity contribution in [2.75, 3.05) is 45.0 Å². The number of quaternary nitrogens is 1. The van der Waals surface area contributed by atoms with Crippen LogP contribution >= 0.6 is 12.6 Å². The van der Waals surface area contributed by atoms with Crippen LogP contribution < -0.4 is 5.32 Å². The SMILES string of the molecule is CCCNCCCCCCCCCCCC[N+]1(CCCCCCCCCCCCS)CCCCC1. The molecule has 210 valence electrons. The Hall–Kier alpha value is 0.270. The van der Waals surface area contributed by atoms with Crippen LogP contribution in [-0.4, -0.2) is 49.5 Å². The van der Waals surface area contributed by atoms with Crippen LogP contribution in [0.15, 0.2) is 0 Å². The molecule has 0 aromatic heterocycles. The third-order valence-electron chi connectivity index (χ3n) is 8.47. The average molecular weight is 512 g/mol. The third-order valence-corrected chi connectivity index (χ3v) is 8.78. The van der Waals surface area contributed by atoms with Gasteiger partial charge in [-0.3, -0.25) is 0 Å². The lowest BCUT2D eigenvalue weighted by atomic mass is 10.0. The summed E-state index contributed by atoms with van der Waals surface area (Å²) in [6.45, 7) is 10.6. The monoisotopic (exact) mass is 512 g/mol. The van der Waals surface area contributed by atoms with Gasteiger partial charge in [-0.05, 0) is 83.1 Å². The van der Waals surface area contributed by atoms with E-state index in [-0.39, 0.29) is 0 Å². The van der Waals surface area contributed by atoms with Gasteiger partial charge in [0.1, 0.15) is 0 Å². The quantitative estimate of drug-likeness (QED) is 0.0635. The van der Waals surface area contributed by atoms with Gasteiger partial charge in [0, 0.05) is 0 Å². The Labute approximate surface area is 228 Å². The van der Waals surface area contributed by atoms with Crippen LogP contribution in [0.4, 0.5) is 0 Å². The molecule has 0 bridgehead atoms. The van der Waals surface area contributed by atoms with E-state index in [1.165, 1.54) is 198 Å². The highest BCUT2D eigenvalue weighted by Crippen LogP contribution is 2.23. The van der Waals surface area contributed by atoms with Gasteiger partial charge in [-0.25, -0.2) is 0 Å². The third kappa shape index (κ3) is 21.0. The Bertz CT molecular complexity index is 408. The van der Waals surface area contributed by atoms with E-state index >= 15 is 0 Å². The summed E-state index contributed by atoms with van der Waals surface area (Å²) < 4.78 is 1.48. The normalized spacial score (nSPS) is 15.6. The van der Waals surface area contributed by atoms with E-state index in [1.54, 1.807) is 0 Å². The van der Waals surface area contributed by atoms with Crippen LogP contribution in [0.3, 0.4) is 0 Å². The van der Waals surface area contributed by atoms with Gasteiger partial charge in [0.05, 0.1) is 26.2 Å². The minimum Gasteiger partial charge on any atom is -0.324 e. The number of hydrogen-bond acceptors (Lipinski definition) is 2. The summed E-state index contributed by atoms with van der Waals surface area (Å²) in [5.74, 6) is 1.07. The molecule has 0 aromatic carbocycles. The molecular formula is C32H67N2S+. The summed E-state index contributed by atoms with van der Waals surface area (Å²) in [6, 6.07) is 0. The van der Waals surface area contributed by atoms with Crippen LogP contribution in [0.1, 0.15) is 161 Å². The molecule has 0 aliphatic carbocycles. The molecule has 2 nitrogen and oxygen atoms in total. The van der Waals surface area contributed by atoms with Crippen molar-refractivity contribution >= 4 is 12.6 Å². The van der Waals surface area contributed by atoms with Crippen LogP contribution in [0.5, 0.6) is 0 Å². The van der Waals surface area contributed by atoms with Gasteiger partial charge < -0.3 is 9.80 Å². The first kappa shape index (κ1) is 33.3. The minimum atomic E-state index is 1.07.